The van der Waals surface area contributed by atoms with Gasteiger partial charge < -0.3 is 9.47 Å². The van der Waals surface area contributed by atoms with Gasteiger partial charge in [-0.1, -0.05) is 18.2 Å². The predicted octanol–water partition coefficient (Wildman–Crippen LogP) is 2.95. The van der Waals surface area contributed by atoms with Crippen molar-refractivity contribution in [2.24, 2.45) is 5.10 Å². The van der Waals surface area contributed by atoms with Crippen molar-refractivity contribution in [2.75, 3.05) is 20.0 Å². The molecule has 0 aliphatic heterocycles. The third-order valence-corrected chi connectivity index (χ3v) is 3.96. The number of carbonyl (C=O) groups is 1. The van der Waals surface area contributed by atoms with E-state index in [0.717, 1.165) is 10.5 Å². The van der Waals surface area contributed by atoms with Gasteiger partial charge in [0.1, 0.15) is 11.5 Å². The first kappa shape index (κ1) is 16.9. The van der Waals surface area contributed by atoms with Crippen LogP contribution in [0.25, 0.3) is 0 Å². The molecule has 0 radical (unpaired) electrons. The molecule has 0 saturated carbocycles. The molecule has 6 heteroatoms. The van der Waals surface area contributed by atoms with Crippen LogP contribution in [0.15, 0.2) is 58.5 Å². The highest BCUT2D eigenvalue weighted by Gasteiger charge is 2.04. The largest absolute Gasteiger partial charge is 0.497 e. The van der Waals surface area contributed by atoms with Crippen LogP contribution in [0.3, 0.4) is 0 Å². The van der Waals surface area contributed by atoms with E-state index < -0.39 is 0 Å². The fraction of sp³-hybridized carbons (Fsp3) is 0.176. The van der Waals surface area contributed by atoms with Crippen molar-refractivity contribution < 1.29 is 14.3 Å². The Morgan fingerprint density at radius 1 is 1.17 bits per heavy atom. The zero-order valence-electron chi connectivity index (χ0n) is 13.0. The number of nitrogens with one attached hydrogen (secondary N) is 1. The van der Waals surface area contributed by atoms with Gasteiger partial charge in [-0.25, -0.2) is 5.43 Å². The molecule has 23 heavy (non-hydrogen) atoms. The first-order chi connectivity index (χ1) is 11.2. The van der Waals surface area contributed by atoms with Gasteiger partial charge in [0.25, 0.3) is 0 Å². The maximum absolute atomic E-state index is 11.8. The number of rotatable bonds is 7. The van der Waals surface area contributed by atoms with Gasteiger partial charge in [-0.05, 0) is 24.3 Å². The lowest BCUT2D eigenvalue weighted by Crippen LogP contribution is -2.19. The molecule has 0 spiro atoms. The monoisotopic (exact) mass is 330 g/mol. The van der Waals surface area contributed by atoms with Crippen LogP contribution >= 0.6 is 11.8 Å². The fourth-order valence-corrected chi connectivity index (χ4v) is 2.51. The maximum Gasteiger partial charge on any atom is 0.250 e. The van der Waals surface area contributed by atoms with E-state index in [0.29, 0.717) is 17.3 Å². The summed E-state index contributed by atoms with van der Waals surface area (Å²) in [4.78, 5) is 12.8. The van der Waals surface area contributed by atoms with Crippen molar-refractivity contribution in [2.45, 2.75) is 4.90 Å². The van der Waals surface area contributed by atoms with Gasteiger partial charge in [0.2, 0.25) is 5.91 Å². The summed E-state index contributed by atoms with van der Waals surface area (Å²) in [6.07, 6.45) is 1.54. The molecular formula is C17H18N2O3S. The van der Waals surface area contributed by atoms with Crippen LogP contribution in [0.1, 0.15) is 5.56 Å². The summed E-state index contributed by atoms with van der Waals surface area (Å²) in [5, 5.41) is 3.96. The third-order valence-electron chi connectivity index (χ3n) is 2.95. The van der Waals surface area contributed by atoms with Gasteiger partial charge in [-0.15, -0.1) is 11.8 Å². The number of thioether (sulfide) groups is 1. The van der Waals surface area contributed by atoms with E-state index in [1.165, 1.54) is 11.8 Å². The Labute approximate surface area is 139 Å². The quantitative estimate of drug-likeness (QED) is 0.482. The van der Waals surface area contributed by atoms with Crippen molar-refractivity contribution in [3.05, 3.63) is 54.1 Å². The summed E-state index contributed by atoms with van der Waals surface area (Å²) in [6, 6.07) is 15.1. The molecule has 0 aliphatic rings. The van der Waals surface area contributed by atoms with E-state index in [2.05, 4.69) is 10.5 Å². The van der Waals surface area contributed by atoms with E-state index in [1.54, 1.807) is 32.6 Å². The highest BCUT2D eigenvalue weighted by atomic mass is 32.2. The van der Waals surface area contributed by atoms with Crippen LogP contribution in [0.2, 0.25) is 0 Å². The number of carbonyl (C=O) groups excluding carboxylic acids is 1. The lowest BCUT2D eigenvalue weighted by atomic mass is 10.2. The zero-order valence-corrected chi connectivity index (χ0v) is 13.8. The van der Waals surface area contributed by atoms with Crippen LogP contribution in [0.4, 0.5) is 0 Å². The summed E-state index contributed by atoms with van der Waals surface area (Å²) in [6.45, 7) is 0. The first-order valence-corrected chi connectivity index (χ1v) is 7.93. The smallest absolute Gasteiger partial charge is 0.250 e. The van der Waals surface area contributed by atoms with Gasteiger partial charge >= 0.3 is 0 Å². The predicted molar refractivity (Wildman–Crippen MR) is 92.4 cm³/mol. The van der Waals surface area contributed by atoms with E-state index in [4.69, 9.17) is 9.47 Å². The Hall–Kier alpha value is -2.47. The Morgan fingerprint density at radius 2 is 1.96 bits per heavy atom. The van der Waals surface area contributed by atoms with Crippen LogP contribution in [0.5, 0.6) is 11.5 Å². The van der Waals surface area contributed by atoms with Crippen LogP contribution in [-0.4, -0.2) is 32.1 Å². The van der Waals surface area contributed by atoms with E-state index >= 15 is 0 Å². The average molecular weight is 330 g/mol. The topological polar surface area (TPSA) is 59.9 Å². The molecule has 5 nitrogen and oxygen atoms in total. The molecule has 0 saturated heterocycles. The van der Waals surface area contributed by atoms with Crippen molar-refractivity contribution >= 4 is 23.9 Å². The molecule has 120 valence electrons. The highest BCUT2D eigenvalue weighted by Crippen LogP contribution is 2.23. The summed E-state index contributed by atoms with van der Waals surface area (Å²) < 4.78 is 10.4. The van der Waals surface area contributed by atoms with Gasteiger partial charge in [-0.2, -0.15) is 5.10 Å². The molecule has 0 unspecified atom stereocenters. The lowest BCUT2D eigenvalue weighted by Gasteiger charge is -2.06. The number of amides is 1. The number of benzene rings is 2. The Kier molecular flexibility index (Phi) is 6.50. The van der Waals surface area contributed by atoms with E-state index in [-0.39, 0.29) is 5.91 Å². The van der Waals surface area contributed by atoms with Crippen molar-refractivity contribution in [3.63, 3.8) is 0 Å². The van der Waals surface area contributed by atoms with E-state index in [9.17, 15) is 4.79 Å². The molecule has 0 fully saturated rings. The molecule has 2 aromatic rings. The van der Waals surface area contributed by atoms with Gasteiger partial charge in [0.05, 0.1) is 26.2 Å². The van der Waals surface area contributed by atoms with Gasteiger partial charge in [-0.3, -0.25) is 4.79 Å². The molecule has 2 aromatic carbocycles. The SMILES string of the molecule is COc1ccc(C=NNC(=O)CSc2ccccc2)c(OC)c1. The van der Waals surface area contributed by atoms with Gasteiger partial charge in [0.15, 0.2) is 0 Å². The Balaban J connectivity index is 1.87. The number of hydrazone groups is 1. The average Bonchev–Trinajstić information content (AvgIpc) is 2.61. The Morgan fingerprint density at radius 3 is 2.65 bits per heavy atom. The molecule has 0 atom stereocenters. The number of hydrogen-bond donors (Lipinski definition) is 1. The second kappa shape index (κ2) is 8.85. The summed E-state index contributed by atoms with van der Waals surface area (Å²) in [7, 11) is 3.16. The molecule has 1 N–H and O–H groups in total. The van der Waals surface area contributed by atoms with E-state index in [1.807, 2.05) is 36.4 Å². The standard InChI is InChI=1S/C17H18N2O3S/c1-21-14-9-8-13(16(10-14)22-2)11-18-19-17(20)12-23-15-6-4-3-5-7-15/h3-11H,12H2,1-2H3,(H,19,20). The summed E-state index contributed by atoms with van der Waals surface area (Å²) >= 11 is 1.46. The fourth-order valence-electron chi connectivity index (χ4n) is 1.80. The van der Waals surface area contributed by atoms with Crippen molar-refractivity contribution in [1.82, 2.24) is 5.43 Å². The maximum atomic E-state index is 11.8. The Bertz CT molecular complexity index is 675. The zero-order chi connectivity index (χ0) is 16.5. The number of hydrogen-bond acceptors (Lipinski definition) is 5. The van der Waals surface area contributed by atoms with Crippen LogP contribution < -0.4 is 14.9 Å². The minimum atomic E-state index is -0.164. The second-order valence-electron chi connectivity index (χ2n) is 4.50. The minimum absolute atomic E-state index is 0.164. The summed E-state index contributed by atoms with van der Waals surface area (Å²) in [5.74, 6) is 1.46. The van der Waals surface area contributed by atoms with Crippen molar-refractivity contribution in [3.8, 4) is 11.5 Å². The third kappa shape index (κ3) is 5.34. The molecule has 0 aliphatic carbocycles. The summed E-state index contributed by atoms with van der Waals surface area (Å²) in [5.41, 5.74) is 3.26. The number of nitrogens with zero attached hydrogens (tertiary/aromatic N) is 1. The molecule has 1 amide bonds. The number of methoxy groups -OCH3 is 2. The highest BCUT2D eigenvalue weighted by molar-refractivity contribution is 8.00. The van der Waals surface area contributed by atoms with Crippen molar-refractivity contribution in [1.29, 1.82) is 0 Å². The molecule has 0 bridgehead atoms. The normalized spacial score (nSPS) is 10.5. The number of ether oxygens (including phenoxy) is 2. The molecular weight excluding hydrogens is 312 g/mol. The van der Waals surface area contributed by atoms with Crippen LogP contribution in [-0.2, 0) is 4.79 Å². The first-order valence-electron chi connectivity index (χ1n) is 6.94. The lowest BCUT2D eigenvalue weighted by molar-refractivity contribution is -0.118. The minimum Gasteiger partial charge on any atom is -0.497 e. The molecule has 0 heterocycles. The van der Waals surface area contributed by atoms with Crippen LogP contribution in [0, 0.1) is 0 Å². The second-order valence-corrected chi connectivity index (χ2v) is 5.55. The molecule has 0 aromatic heterocycles. The molecule has 2 rings (SSSR count). The van der Waals surface area contributed by atoms with Gasteiger partial charge in [0, 0.05) is 16.5 Å².